The number of carbonyl (C=O) groups excluding carboxylic acids is 1. The molecule has 2 heterocycles. The number of pyridine rings is 1. The van der Waals surface area contributed by atoms with Crippen molar-refractivity contribution < 1.29 is 9.53 Å². The van der Waals surface area contributed by atoms with Crippen LogP contribution >= 0.6 is 0 Å². The number of hydrogen-bond acceptors (Lipinski definition) is 4. The van der Waals surface area contributed by atoms with E-state index in [2.05, 4.69) is 15.2 Å². The molecule has 1 fully saturated rings. The number of anilines is 1. The summed E-state index contributed by atoms with van der Waals surface area (Å²) in [4.78, 5) is 21.0. The van der Waals surface area contributed by atoms with E-state index in [0.29, 0.717) is 19.6 Å². The third-order valence-corrected chi connectivity index (χ3v) is 4.86. The molecule has 0 bridgehead atoms. The number of benzene rings is 2. The predicted molar refractivity (Wildman–Crippen MR) is 113 cm³/mol. The number of nitrogens with one attached hydrogen (secondary N) is 1. The largest absolute Gasteiger partial charge is 0.457 e. The second-order valence-corrected chi connectivity index (χ2v) is 6.88. The quantitative estimate of drug-likeness (QED) is 0.720. The van der Waals surface area contributed by atoms with E-state index in [-0.39, 0.29) is 6.03 Å². The van der Waals surface area contributed by atoms with Gasteiger partial charge in [0, 0.05) is 38.9 Å². The molecule has 6 nitrogen and oxygen atoms in total. The van der Waals surface area contributed by atoms with E-state index < -0.39 is 0 Å². The van der Waals surface area contributed by atoms with Crippen LogP contribution in [-0.2, 0) is 6.54 Å². The van der Waals surface area contributed by atoms with Gasteiger partial charge in [0.15, 0.2) is 0 Å². The summed E-state index contributed by atoms with van der Waals surface area (Å²) in [5.41, 5.74) is 0.999. The molecule has 1 aliphatic rings. The Morgan fingerprint density at radius 1 is 0.897 bits per heavy atom. The summed E-state index contributed by atoms with van der Waals surface area (Å²) in [6, 6.07) is 23.3. The lowest BCUT2D eigenvalue weighted by Crippen LogP contribution is -2.51. The van der Waals surface area contributed by atoms with Gasteiger partial charge in [0.05, 0.1) is 0 Å². The maximum Gasteiger partial charge on any atom is 0.317 e. The summed E-state index contributed by atoms with van der Waals surface area (Å²) in [5.74, 6) is 2.51. The molecule has 0 radical (unpaired) electrons. The molecule has 0 unspecified atom stereocenters. The van der Waals surface area contributed by atoms with Crippen molar-refractivity contribution in [2.75, 3.05) is 31.1 Å². The number of rotatable bonds is 5. The summed E-state index contributed by atoms with van der Waals surface area (Å²) in [6.45, 7) is 3.39. The molecule has 2 amide bonds. The Kier molecular flexibility index (Phi) is 5.90. The van der Waals surface area contributed by atoms with E-state index in [1.165, 1.54) is 0 Å². The van der Waals surface area contributed by atoms with Crippen LogP contribution < -0.4 is 15.0 Å². The highest BCUT2D eigenvalue weighted by Gasteiger charge is 2.21. The Labute approximate surface area is 170 Å². The third-order valence-electron chi connectivity index (χ3n) is 4.86. The number of para-hydroxylation sites is 1. The number of nitrogens with zero attached hydrogens (tertiary/aromatic N) is 3. The molecule has 1 aliphatic heterocycles. The molecule has 29 heavy (non-hydrogen) atoms. The van der Waals surface area contributed by atoms with Gasteiger partial charge in [0.1, 0.15) is 17.3 Å². The number of ether oxygens (including phenoxy) is 1. The van der Waals surface area contributed by atoms with Crippen molar-refractivity contribution in [2.45, 2.75) is 6.54 Å². The fourth-order valence-electron chi connectivity index (χ4n) is 3.31. The molecule has 1 N–H and O–H groups in total. The number of carbonyl (C=O) groups is 1. The zero-order valence-electron chi connectivity index (χ0n) is 16.2. The first kappa shape index (κ1) is 18.8. The van der Waals surface area contributed by atoms with Crippen LogP contribution in [0.4, 0.5) is 10.6 Å². The monoisotopic (exact) mass is 388 g/mol. The van der Waals surface area contributed by atoms with E-state index in [1.807, 2.05) is 77.7 Å². The van der Waals surface area contributed by atoms with Crippen molar-refractivity contribution in [1.29, 1.82) is 0 Å². The standard InChI is InChI=1S/C23H24N4O2/c28-23(27-15-13-26(14-16-27)22-11-4-5-12-24-22)25-18-19-7-6-10-21(17-19)29-20-8-2-1-3-9-20/h1-12,17H,13-16,18H2,(H,25,28). The maximum absolute atomic E-state index is 12.5. The molecule has 4 rings (SSSR count). The van der Waals surface area contributed by atoms with Crippen LogP contribution in [0.3, 0.4) is 0 Å². The summed E-state index contributed by atoms with van der Waals surface area (Å²) >= 11 is 0. The smallest absolute Gasteiger partial charge is 0.317 e. The molecule has 1 saturated heterocycles. The van der Waals surface area contributed by atoms with Crippen LogP contribution in [0.25, 0.3) is 0 Å². The van der Waals surface area contributed by atoms with Crippen LogP contribution in [-0.4, -0.2) is 42.1 Å². The molecule has 0 saturated carbocycles. The van der Waals surface area contributed by atoms with Crippen LogP contribution in [0.15, 0.2) is 79.0 Å². The van der Waals surface area contributed by atoms with Crippen LogP contribution in [0.5, 0.6) is 11.5 Å². The molecule has 148 valence electrons. The second-order valence-electron chi connectivity index (χ2n) is 6.88. The van der Waals surface area contributed by atoms with Gasteiger partial charge in [0.2, 0.25) is 0 Å². The highest BCUT2D eigenvalue weighted by molar-refractivity contribution is 5.74. The number of amides is 2. The normalized spacial score (nSPS) is 13.8. The molecular formula is C23H24N4O2. The fourth-order valence-corrected chi connectivity index (χ4v) is 3.31. The van der Waals surface area contributed by atoms with E-state index in [9.17, 15) is 4.79 Å². The van der Waals surface area contributed by atoms with Crippen molar-refractivity contribution >= 4 is 11.8 Å². The van der Waals surface area contributed by atoms with Crippen LogP contribution in [0.1, 0.15) is 5.56 Å². The lowest BCUT2D eigenvalue weighted by atomic mass is 10.2. The SMILES string of the molecule is O=C(NCc1cccc(Oc2ccccc2)c1)N1CCN(c2ccccn2)CC1. The molecule has 3 aromatic rings. The Bertz CT molecular complexity index is 926. The van der Waals surface area contributed by atoms with Gasteiger partial charge in [0.25, 0.3) is 0 Å². The average Bonchev–Trinajstić information content (AvgIpc) is 2.79. The Hall–Kier alpha value is -3.54. The minimum atomic E-state index is -0.0416. The van der Waals surface area contributed by atoms with E-state index in [4.69, 9.17) is 4.74 Å². The number of hydrogen-bond donors (Lipinski definition) is 1. The first-order valence-electron chi connectivity index (χ1n) is 9.78. The molecule has 1 aromatic heterocycles. The van der Waals surface area contributed by atoms with E-state index in [1.54, 1.807) is 6.20 Å². The summed E-state index contributed by atoms with van der Waals surface area (Å²) in [5, 5.41) is 3.01. The number of piperazine rings is 1. The van der Waals surface area contributed by atoms with E-state index >= 15 is 0 Å². The minimum Gasteiger partial charge on any atom is -0.457 e. The average molecular weight is 388 g/mol. The molecule has 6 heteroatoms. The second kappa shape index (κ2) is 9.10. The van der Waals surface area contributed by atoms with Crippen molar-refractivity contribution in [2.24, 2.45) is 0 Å². The highest BCUT2D eigenvalue weighted by Crippen LogP contribution is 2.21. The lowest BCUT2D eigenvalue weighted by Gasteiger charge is -2.35. The van der Waals surface area contributed by atoms with Crippen LogP contribution in [0.2, 0.25) is 0 Å². The van der Waals surface area contributed by atoms with Gasteiger partial charge in [-0.15, -0.1) is 0 Å². The molecular weight excluding hydrogens is 364 g/mol. The van der Waals surface area contributed by atoms with Gasteiger partial charge < -0.3 is 19.9 Å². The third kappa shape index (κ3) is 5.04. The minimum absolute atomic E-state index is 0.0416. The Morgan fingerprint density at radius 2 is 1.66 bits per heavy atom. The van der Waals surface area contributed by atoms with Crippen molar-refractivity contribution in [3.63, 3.8) is 0 Å². The lowest BCUT2D eigenvalue weighted by molar-refractivity contribution is 0.194. The van der Waals surface area contributed by atoms with Gasteiger partial charge in [-0.25, -0.2) is 9.78 Å². The van der Waals surface area contributed by atoms with Crippen molar-refractivity contribution in [1.82, 2.24) is 15.2 Å². The summed E-state index contributed by atoms with van der Waals surface area (Å²) in [6.07, 6.45) is 1.80. The zero-order valence-corrected chi connectivity index (χ0v) is 16.2. The molecule has 0 aliphatic carbocycles. The van der Waals surface area contributed by atoms with Crippen LogP contribution in [0, 0.1) is 0 Å². The zero-order chi connectivity index (χ0) is 19.9. The van der Waals surface area contributed by atoms with Crippen molar-refractivity contribution in [3.05, 3.63) is 84.6 Å². The van der Waals surface area contributed by atoms with Gasteiger partial charge in [-0.3, -0.25) is 0 Å². The molecule has 0 atom stereocenters. The first-order chi connectivity index (χ1) is 14.3. The Balaban J connectivity index is 1.27. The van der Waals surface area contributed by atoms with Crippen molar-refractivity contribution in [3.8, 4) is 11.5 Å². The number of aromatic nitrogens is 1. The van der Waals surface area contributed by atoms with E-state index in [0.717, 1.165) is 36.0 Å². The van der Waals surface area contributed by atoms with Gasteiger partial charge in [-0.05, 0) is 42.0 Å². The number of urea groups is 1. The van der Waals surface area contributed by atoms with Gasteiger partial charge in [-0.1, -0.05) is 36.4 Å². The first-order valence-corrected chi connectivity index (χ1v) is 9.78. The Morgan fingerprint density at radius 3 is 2.41 bits per heavy atom. The van der Waals surface area contributed by atoms with Gasteiger partial charge in [-0.2, -0.15) is 0 Å². The summed E-state index contributed by atoms with van der Waals surface area (Å²) in [7, 11) is 0. The maximum atomic E-state index is 12.5. The fraction of sp³-hybridized carbons (Fsp3) is 0.217. The predicted octanol–water partition coefficient (Wildman–Crippen LogP) is 3.91. The van der Waals surface area contributed by atoms with Gasteiger partial charge >= 0.3 is 6.03 Å². The highest BCUT2D eigenvalue weighted by atomic mass is 16.5. The molecule has 2 aromatic carbocycles. The molecule has 0 spiro atoms. The topological polar surface area (TPSA) is 57.7 Å². The summed E-state index contributed by atoms with van der Waals surface area (Å²) < 4.78 is 5.86.